The highest BCUT2D eigenvalue weighted by atomic mass is 16.5. The Kier molecular flexibility index (Phi) is 2.83. The monoisotopic (exact) mass is 254 g/mol. The molecule has 2 aromatic heterocycles. The molecule has 2 heterocycles. The molecule has 0 unspecified atom stereocenters. The van der Waals surface area contributed by atoms with Crippen molar-refractivity contribution in [3.63, 3.8) is 0 Å². The molecule has 0 aliphatic rings. The van der Waals surface area contributed by atoms with Gasteiger partial charge in [-0.05, 0) is 23.8 Å². The van der Waals surface area contributed by atoms with E-state index in [0.29, 0.717) is 0 Å². The number of hydrogen-bond acceptors (Lipinski definition) is 2. The molecule has 0 spiro atoms. The second kappa shape index (κ2) is 4.65. The molecule has 4 nitrogen and oxygen atoms in total. The van der Waals surface area contributed by atoms with Crippen molar-refractivity contribution in [2.24, 2.45) is 0 Å². The molecule has 96 valence electrons. The van der Waals surface area contributed by atoms with Crippen LogP contribution in [0.25, 0.3) is 5.65 Å². The number of hydrogen-bond donors (Lipinski definition) is 1. The first-order valence-electron chi connectivity index (χ1n) is 6.08. The highest BCUT2D eigenvalue weighted by Crippen LogP contribution is 2.15. The number of H-pyrrole nitrogens is 1. The number of fused-ring (bicyclic) bond motifs is 1. The van der Waals surface area contributed by atoms with Crippen LogP contribution in [0.2, 0.25) is 0 Å². The van der Waals surface area contributed by atoms with Gasteiger partial charge >= 0.3 is 0 Å². The average Bonchev–Trinajstić information content (AvgIpc) is 2.83. The van der Waals surface area contributed by atoms with Gasteiger partial charge in [0.15, 0.2) is 0 Å². The summed E-state index contributed by atoms with van der Waals surface area (Å²) in [5.74, 6) is 0.839. The largest absolute Gasteiger partial charge is 0.497 e. The Balaban J connectivity index is 1.96. The third kappa shape index (κ3) is 2.25. The van der Waals surface area contributed by atoms with Gasteiger partial charge in [0, 0.05) is 24.4 Å². The number of nitrogens with zero attached hydrogens (tertiary/aromatic N) is 1. The van der Waals surface area contributed by atoms with Gasteiger partial charge in [0.1, 0.15) is 11.4 Å². The van der Waals surface area contributed by atoms with Crippen LogP contribution in [0.5, 0.6) is 5.75 Å². The van der Waals surface area contributed by atoms with E-state index in [1.165, 1.54) is 0 Å². The van der Waals surface area contributed by atoms with Crippen LogP contribution in [-0.2, 0) is 6.42 Å². The standard InChI is InChI=1S/C15H14N2O2/c1-19-13-5-2-4-11(9-13)8-12-10-17-14(16-12)6-3-7-15(17)18/h2-7,9-10,16H,8H2,1H3. The number of pyridine rings is 1. The number of nitrogens with one attached hydrogen (secondary N) is 1. The molecule has 19 heavy (non-hydrogen) atoms. The lowest BCUT2D eigenvalue weighted by Crippen LogP contribution is -2.08. The molecular formula is C15H14N2O2. The first kappa shape index (κ1) is 11.6. The Hall–Kier alpha value is -2.49. The van der Waals surface area contributed by atoms with Gasteiger partial charge in [-0.3, -0.25) is 9.20 Å². The highest BCUT2D eigenvalue weighted by molar-refractivity contribution is 5.41. The van der Waals surface area contributed by atoms with Crippen LogP contribution in [0.15, 0.2) is 53.5 Å². The third-order valence-electron chi connectivity index (χ3n) is 3.09. The number of aromatic nitrogens is 2. The van der Waals surface area contributed by atoms with Gasteiger partial charge in [-0.25, -0.2) is 0 Å². The van der Waals surface area contributed by atoms with Crippen molar-refractivity contribution in [3.8, 4) is 5.75 Å². The van der Waals surface area contributed by atoms with Gasteiger partial charge in [-0.1, -0.05) is 18.2 Å². The minimum atomic E-state index is -0.0226. The summed E-state index contributed by atoms with van der Waals surface area (Å²) in [5, 5.41) is 0. The second-order valence-corrected chi connectivity index (χ2v) is 4.43. The molecular weight excluding hydrogens is 240 g/mol. The molecule has 0 aliphatic carbocycles. The van der Waals surface area contributed by atoms with Crippen LogP contribution in [0.3, 0.4) is 0 Å². The normalized spacial score (nSPS) is 10.8. The predicted octanol–water partition coefficient (Wildman–Crippen LogP) is 2.23. The molecule has 0 bridgehead atoms. The maximum Gasteiger partial charge on any atom is 0.256 e. The second-order valence-electron chi connectivity index (χ2n) is 4.43. The van der Waals surface area contributed by atoms with Gasteiger partial charge in [0.2, 0.25) is 0 Å². The van der Waals surface area contributed by atoms with Crippen LogP contribution in [0.4, 0.5) is 0 Å². The van der Waals surface area contributed by atoms with Gasteiger partial charge in [-0.2, -0.15) is 0 Å². The summed E-state index contributed by atoms with van der Waals surface area (Å²) in [7, 11) is 1.65. The fourth-order valence-corrected chi connectivity index (χ4v) is 2.18. The van der Waals surface area contributed by atoms with Gasteiger partial charge < -0.3 is 9.72 Å². The minimum absolute atomic E-state index is 0.0226. The Morgan fingerprint density at radius 3 is 2.84 bits per heavy atom. The lowest BCUT2D eigenvalue weighted by atomic mass is 10.1. The molecule has 0 amide bonds. The zero-order valence-corrected chi connectivity index (χ0v) is 10.6. The number of benzene rings is 1. The van der Waals surface area contributed by atoms with E-state index >= 15 is 0 Å². The highest BCUT2D eigenvalue weighted by Gasteiger charge is 2.03. The molecule has 3 rings (SSSR count). The van der Waals surface area contributed by atoms with Crippen molar-refractivity contribution in [2.45, 2.75) is 6.42 Å². The molecule has 0 aliphatic heterocycles. The van der Waals surface area contributed by atoms with Gasteiger partial charge in [-0.15, -0.1) is 0 Å². The Labute approximate surface area is 110 Å². The number of aromatic amines is 1. The summed E-state index contributed by atoms with van der Waals surface area (Å²) in [6.45, 7) is 0. The van der Waals surface area contributed by atoms with Crippen LogP contribution in [0, 0.1) is 0 Å². The topological polar surface area (TPSA) is 46.5 Å². The molecule has 0 saturated heterocycles. The van der Waals surface area contributed by atoms with E-state index in [0.717, 1.165) is 29.1 Å². The fourth-order valence-electron chi connectivity index (χ4n) is 2.18. The molecule has 1 aromatic carbocycles. The third-order valence-corrected chi connectivity index (χ3v) is 3.09. The van der Waals surface area contributed by atoms with E-state index in [1.54, 1.807) is 23.6 Å². The average molecular weight is 254 g/mol. The fraction of sp³-hybridized carbons (Fsp3) is 0.133. The van der Waals surface area contributed by atoms with Crippen molar-refractivity contribution in [1.29, 1.82) is 0 Å². The lowest BCUT2D eigenvalue weighted by Gasteiger charge is -2.02. The smallest absolute Gasteiger partial charge is 0.256 e. The predicted molar refractivity (Wildman–Crippen MR) is 73.8 cm³/mol. The summed E-state index contributed by atoms with van der Waals surface area (Å²) in [4.78, 5) is 14.9. The minimum Gasteiger partial charge on any atom is -0.497 e. The Morgan fingerprint density at radius 1 is 1.21 bits per heavy atom. The molecule has 4 heteroatoms. The number of imidazole rings is 1. The quantitative estimate of drug-likeness (QED) is 0.779. The number of ether oxygens (including phenoxy) is 1. The van der Waals surface area contributed by atoms with Crippen molar-refractivity contribution in [2.75, 3.05) is 7.11 Å². The lowest BCUT2D eigenvalue weighted by molar-refractivity contribution is 0.414. The van der Waals surface area contributed by atoms with E-state index in [4.69, 9.17) is 4.74 Å². The van der Waals surface area contributed by atoms with Crippen LogP contribution >= 0.6 is 0 Å². The van der Waals surface area contributed by atoms with E-state index in [9.17, 15) is 4.79 Å². The SMILES string of the molecule is COc1cccc(Cc2cn3c(=O)cccc3[nH]2)c1. The maximum absolute atomic E-state index is 11.7. The molecule has 0 fully saturated rings. The Bertz CT molecular complexity index is 771. The van der Waals surface area contributed by atoms with E-state index < -0.39 is 0 Å². The summed E-state index contributed by atoms with van der Waals surface area (Å²) >= 11 is 0. The van der Waals surface area contributed by atoms with Crippen LogP contribution in [0.1, 0.15) is 11.3 Å². The zero-order chi connectivity index (χ0) is 13.2. The zero-order valence-electron chi connectivity index (χ0n) is 10.6. The van der Waals surface area contributed by atoms with E-state index in [-0.39, 0.29) is 5.56 Å². The van der Waals surface area contributed by atoms with Crippen LogP contribution < -0.4 is 10.3 Å². The van der Waals surface area contributed by atoms with Crippen molar-refractivity contribution < 1.29 is 4.74 Å². The summed E-state index contributed by atoms with van der Waals surface area (Å²) in [6, 6.07) is 13.1. The maximum atomic E-state index is 11.7. The summed E-state index contributed by atoms with van der Waals surface area (Å²) in [5.41, 5.74) is 2.92. The Morgan fingerprint density at radius 2 is 2.05 bits per heavy atom. The molecule has 0 saturated carbocycles. The molecule has 0 atom stereocenters. The summed E-state index contributed by atoms with van der Waals surface area (Å²) < 4.78 is 6.83. The number of methoxy groups -OCH3 is 1. The number of rotatable bonds is 3. The molecule has 0 radical (unpaired) electrons. The van der Waals surface area contributed by atoms with Gasteiger partial charge in [0.05, 0.1) is 7.11 Å². The summed E-state index contributed by atoms with van der Waals surface area (Å²) in [6.07, 6.45) is 2.58. The van der Waals surface area contributed by atoms with Crippen molar-refractivity contribution in [3.05, 3.63) is 70.3 Å². The first-order chi connectivity index (χ1) is 9.26. The molecule has 1 N–H and O–H groups in total. The van der Waals surface area contributed by atoms with E-state index in [2.05, 4.69) is 4.98 Å². The van der Waals surface area contributed by atoms with Crippen LogP contribution in [-0.4, -0.2) is 16.5 Å². The van der Waals surface area contributed by atoms with Crippen molar-refractivity contribution >= 4 is 5.65 Å². The van der Waals surface area contributed by atoms with Crippen molar-refractivity contribution in [1.82, 2.24) is 9.38 Å². The van der Waals surface area contributed by atoms with E-state index in [1.807, 2.05) is 36.5 Å². The first-order valence-corrected chi connectivity index (χ1v) is 6.08. The van der Waals surface area contributed by atoms with Gasteiger partial charge in [0.25, 0.3) is 5.56 Å². The molecule has 3 aromatic rings.